The van der Waals surface area contributed by atoms with Gasteiger partial charge in [-0.05, 0) is 39.8 Å². The van der Waals surface area contributed by atoms with Crippen molar-refractivity contribution in [3.05, 3.63) is 87.0 Å². The molecule has 0 aliphatic carbocycles. The lowest BCUT2D eigenvalue weighted by molar-refractivity contribution is -0.385. The van der Waals surface area contributed by atoms with Crippen molar-refractivity contribution >= 4 is 43.4 Å². The second-order valence-electron chi connectivity index (χ2n) is 13.5. The second kappa shape index (κ2) is 20.1. The Morgan fingerprint density at radius 2 is 1.84 bits per heavy atom. The maximum absolute atomic E-state index is 13.1. The summed E-state index contributed by atoms with van der Waals surface area (Å²) in [6, 6.07) is 17.0. The molecule has 2 aromatic carbocycles. The van der Waals surface area contributed by atoms with Gasteiger partial charge in [-0.1, -0.05) is 43.3 Å². The van der Waals surface area contributed by atoms with Crippen molar-refractivity contribution in [3.63, 3.8) is 0 Å². The predicted octanol–water partition coefficient (Wildman–Crippen LogP) is 5.95. The zero-order valence-electron chi connectivity index (χ0n) is 32.1. The maximum Gasteiger partial charge on any atom is 0.508 e. The number of fused-ring (bicyclic) bond motifs is 1. The van der Waals surface area contributed by atoms with E-state index < -0.39 is 55.4 Å². The molecule has 1 fully saturated rings. The molecular weight excluding hydrogens is 763 g/mol. The molecule has 0 saturated carbocycles. The maximum atomic E-state index is 13.1. The van der Waals surface area contributed by atoms with Crippen LogP contribution in [0.25, 0.3) is 11.2 Å². The van der Waals surface area contributed by atoms with Gasteiger partial charge in [-0.15, -0.1) is 0 Å². The third-order valence-corrected chi connectivity index (χ3v) is 10.8. The van der Waals surface area contributed by atoms with E-state index in [1.165, 1.54) is 17.0 Å². The fourth-order valence-corrected chi connectivity index (χ4v) is 7.88. The van der Waals surface area contributed by atoms with Gasteiger partial charge in [0.1, 0.15) is 31.3 Å². The lowest BCUT2D eigenvalue weighted by atomic mass is 10.0. The summed E-state index contributed by atoms with van der Waals surface area (Å²) in [5.41, 5.74) is -0.212. The minimum atomic E-state index is -1.76. The van der Waals surface area contributed by atoms with Crippen LogP contribution in [0.5, 0.6) is 5.75 Å². The standard InChI is InChI=1S/C37H45N8O11P/c1-23(2)44(24(3)4)57(54-17-11-16-38)56-29-18-32(55-30(29)20-53-37(48)52-19-25(5)27-14-9-10-15-28(27)45(49)50)43-22-39-33-34(43)41-36(42-35(33)47)40-31(46)21-51-26-12-7-6-8-13-26/h6-10,12-15,22-25,29-30,32H,11,17-21H2,1-5H3,(H2,40,41,42,46,47)/t25?,29-,30+,32+,57?/m0/s1. The molecule has 2 unspecified atom stereocenters. The second-order valence-corrected chi connectivity index (χ2v) is 14.9. The molecule has 0 bridgehead atoms. The molecule has 20 heteroatoms. The molecule has 1 saturated heterocycles. The molecule has 57 heavy (non-hydrogen) atoms. The van der Waals surface area contributed by atoms with Crippen LogP contribution in [-0.2, 0) is 28.1 Å². The van der Waals surface area contributed by atoms with Gasteiger partial charge in [-0.25, -0.2) is 14.4 Å². The number of aromatic nitrogens is 4. The Kier molecular flexibility index (Phi) is 15.0. The number of nitrogens with zero attached hydrogens (tertiary/aromatic N) is 6. The predicted molar refractivity (Wildman–Crippen MR) is 206 cm³/mol. The molecule has 2 aromatic heterocycles. The molecule has 0 spiro atoms. The molecule has 0 radical (unpaired) electrons. The summed E-state index contributed by atoms with van der Waals surface area (Å²) in [6.07, 6.45) is -1.84. The van der Waals surface area contributed by atoms with Crippen LogP contribution in [0.2, 0.25) is 0 Å². The van der Waals surface area contributed by atoms with Crippen molar-refractivity contribution in [2.24, 2.45) is 0 Å². The van der Waals surface area contributed by atoms with E-state index in [0.29, 0.717) is 11.3 Å². The minimum Gasteiger partial charge on any atom is -0.484 e. The van der Waals surface area contributed by atoms with Gasteiger partial charge in [0.05, 0.1) is 36.5 Å². The number of nitro benzene ring substituents is 1. The van der Waals surface area contributed by atoms with E-state index in [1.807, 2.05) is 38.4 Å². The monoisotopic (exact) mass is 808 g/mol. The Morgan fingerprint density at radius 1 is 1.12 bits per heavy atom. The fourth-order valence-electron chi connectivity index (χ4n) is 6.12. The van der Waals surface area contributed by atoms with Gasteiger partial charge in [0.25, 0.3) is 25.7 Å². The number of carbonyl (C=O) groups excluding carboxylic acids is 2. The number of hydrogen-bond donors (Lipinski definition) is 2. The first kappa shape index (κ1) is 42.6. The van der Waals surface area contributed by atoms with Crippen LogP contribution in [0.15, 0.2) is 65.7 Å². The molecule has 1 aliphatic heterocycles. The van der Waals surface area contributed by atoms with Crippen molar-refractivity contribution in [2.75, 3.05) is 31.7 Å². The Balaban J connectivity index is 1.34. The van der Waals surface area contributed by atoms with E-state index in [4.69, 9.17) is 28.0 Å². The number of amides is 1. The number of nitro groups is 1. The van der Waals surface area contributed by atoms with Gasteiger partial charge in [0, 0.05) is 36.1 Å². The number of benzene rings is 2. The van der Waals surface area contributed by atoms with Crippen molar-refractivity contribution in [3.8, 4) is 11.8 Å². The van der Waals surface area contributed by atoms with Gasteiger partial charge in [-0.3, -0.25) is 34.6 Å². The van der Waals surface area contributed by atoms with Crippen molar-refractivity contribution in [1.82, 2.24) is 24.2 Å². The molecule has 19 nitrogen and oxygen atoms in total. The molecule has 1 aliphatic rings. The third-order valence-electron chi connectivity index (χ3n) is 8.66. The highest BCUT2D eigenvalue weighted by Crippen LogP contribution is 2.50. The molecular formula is C37H45N8O11P. The number of carbonyl (C=O) groups is 2. The van der Waals surface area contributed by atoms with Gasteiger partial charge in [0.15, 0.2) is 17.8 Å². The minimum absolute atomic E-state index is 0.0105. The van der Waals surface area contributed by atoms with Crippen LogP contribution in [0.4, 0.5) is 16.4 Å². The lowest BCUT2D eigenvalue weighted by Gasteiger charge is -2.37. The zero-order chi connectivity index (χ0) is 41.1. The van der Waals surface area contributed by atoms with Gasteiger partial charge < -0.3 is 28.0 Å². The molecule has 304 valence electrons. The Labute approximate surface area is 329 Å². The SMILES string of the molecule is CC(COC(=O)OC[C@H]1O[C@@H](n2cnc3c(=O)[nH]c(NC(=O)COc4ccccc4)nc32)C[C@@H]1OP(OCCC#N)N(C(C)C)C(C)C)c1ccccc1[N+](=O)[O-]. The first-order valence-electron chi connectivity index (χ1n) is 18.2. The number of rotatable bonds is 19. The van der Waals surface area contributed by atoms with E-state index in [0.717, 1.165) is 0 Å². The molecule has 3 heterocycles. The van der Waals surface area contributed by atoms with Crippen LogP contribution >= 0.6 is 8.53 Å². The van der Waals surface area contributed by atoms with Gasteiger partial charge >= 0.3 is 6.16 Å². The number of aromatic amines is 1. The van der Waals surface area contributed by atoms with Crippen LogP contribution in [-0.4, -0.2) is 91.9 Å². The molecule has 4 aromatic rings. The first-order valence-corrected chi connectivity index (χ1v) is 19.4. The van der Waals surface area contributed by atoms with Crippen molar-refractivity contribution in [1.29, 1.82) is 5.26 Å². The third kappa shape index (κ3) is 11.3. The highest BCUT2D eigenvalue weighted by Gasteiger charge is 2.42. The van der Waals surface area contributed by atoms with E-state index in [9.17, 15) is 29.8 Å². The van der Waals surface area contributed by atoms with Crippen molar-refractivity contribution in [2.45, 2.75) is 83.9 Å². The Hall–Kier alpha value is -5.51. The lowest BCUT2D eigenvalue weighted by Crippen LogP contribution is -2.37. The summed E-state index contributed by atoms with van der Waals surface area (Å²) in [7, 11) is -1.76. The number of anilines is 1. The van der Waals surface area contributed by atoms with Crippen molar-refractivity contribution < 1.29 is 42.5 Å². The first-order chi connectivity index (χ1) is 27.4. The smallest absolute Gasteiger partial charge is 0.484 e. The molecule has 2 N–H and O–H groups in total. The summed E-state index contributed by atoms with van der Waals surface area (Å²) in [4.78, 5) is 60.9. The summed E-state index contributed by atoms with van der Waals surface area (Å²) >= 11 is 0. The average Bonchev–Trinajstić information content (AvgIpc) is 3.79. The fraction of sp³-hybridized carbons (Fsp3) is 0.459. The summed E-state index contributed by atoms with van der Waals surface area (Å²) in [6.45, 7) is 8.93. The van der Waals surface area contributed by atoms with Gasteiger partial charge in [-0.2, -0.15) is 10.2 Å². The van der Waals surface area contributed by atoms with Crippen LogP contribution < -0.4 is 15.6 Å². The normalized spacial score (nSPS) is 17.7. The molecule has 5 atom stereocenters. The Bertz CT molecular complexity index is 2080. The highest BCUT2D eigenvalue weighted by atomic mass is 31.2. The average molecular weight is 809 g/mol. The van der Waals surface area contributed by atoms with E-state index in [2.05, 4.69) is 26.3 Å². The largest absolute Gasteiger partial charge is 0.508 e. The van der Waals surface area contributed by atoms with E-state index in [1.54, 1.807) is 49.4 Å². The zero-order valence-corrected chi connectivity index (χ0v) is 33.0. The van der Waals surface area contributed by atoms with E-state index in [-0.39, 0.29) is 74.2 Å². The topological polar surface area (TPSA) is 235 Å². The van der Waals surface area contributed by atoms with Crippen LogP contribution in [0.1, 0.15) is 65.2 Å². The van der Waals surface area contributed by atoms with E-state index >= 15 is 0 Å². The highest BCUT2D eigenvalue weighted by molar-refractivity contribution is 7.44. The van der Waals surface area contributed by atoms with Gasteiger partial charge in [0.2, 0.25) is 5.95 Å². The Morgan fingerprint density at radius 3 is 2.54 bits per heavy atom. The van der Waals surface area contributed by atoms with Crippen LogP contribution in [0, 0.1) is 21.4 Å². The number of para-hydroxylation sites is 2. The number of hydrogen-bond acceptors (Lipinski definition) is 15. The molecule has 5 rings (SSSR count). The number of imidazole rings is 1. The number of nitrogens with one attached hydrogen (secondary N) is 2. The summed E-state index contributed by atoms with van der Waals surface area (Å²) < 4.78 is 39.1. The van der Waals surface area contributed by atoms with Crippen LogP contribution in [0.3, 0.4) is 0 Å². The summed E-state index contributed by atoms with van der Waals surface area (Å²) in [5.74, 6) is -0.728. The number of nitriles is 1. The number of H-pyrrole nitrogens is 1. The molecule has 1 amide bonds. The number of ether oxygens (including phenoxy) is 4. The summed E-state index contributed by atoms with van der Waals surface area (Å²) in [5, 5.41) is 23.3. The quantitative estimate of drug-likeness (QED) is 0.0366.